The van der Waals surface area contributed by atoms with Gasteiger partial charge in [-0.3, -0.25) is 4.57 Å². The molecule has 2 aromatic heterocycles. The molecule has 0 saturated heterocycles. The number of benzene rings is 6. The van der Waals surface area contributed by atoms with Gasteiger partial charge in [-0.25, -0.2) is 4.98 Å². The van der Waals surface area contributed by atoms with Gasteiger partial charge in [-0.2, -0.15) is 0 Å². The van der Waals surface area contributed by atoms with Crippen LogP contribution in [0.15, 0.2) is 140 Å². The van der Waals surface area contributed by atoms with E-state index in [1.54, 1.807) is 0 Å². The topological polar surface area (TPSA) is 33.5 Å². The van der Waals surface area contributed by atoms with Crippen molar-refractivity contribution in [3.8, 4) is 28.4 Å². The molecule has 3 heterocycles. The largest absolute Gasteiger partial charge is 0.457 e. The third-order valence-electron chi connectivity index (χ3n) is 12.4. The van der Waals surface area contributed by atoms with E-state index in [4.69, 9.17) is 9.72 Å². The zero-order chi connectivity index (χ0) is 43.0. The maximum Gasteiger partial charge on any atom is 0.138 e. The maximum atomic E-state index is 6.79. The lowest BCUT2D eigenvalue weighted by molar-refractivity contribution is 0.483. The highest BCUT2D eigenvalue weighted by atomic mass is 16.5. The smallest absolute Gasteiger partial charge is 0.138 e. The Morgan fingerprint density at radius 3 is 1.84 bits per heavy atom. The molecule has 1 aliphatic rings. The summed E-state index contributed by atoms with van der Waals surface area (Å²) in [5.74, 6) is 2.43. The molecule has 1 aliphatic heterocycles. The number of hydrogen-bond acceptors (Lipinski definition) is 4. The minimum atomic E-state index is 0.0127. The standard InChI is InChI=1S/C56H58N4O/c1-36-28-41(56(9,10)11)29-37(2)53(36)38-26-27-57-52(30-38)60-48-21-13-12-20-46(48)47-24-23-45(34-50(47)60)61-44-19-15-18-43(33-44)59-35-58(42-17-14-16-39(31-42)54(3,4)5)49-25-22-40(32-51(49)59)55(6,7)8/h12-34H,35H2,1-11H3. The number of rotatable bonds is 6. The van der Waals surface area contributed by atoms with E-state index >= 15 is 0 Å². The number of para-hydroxylation sites is 1. The van der Waals surface area contributed by atoms with Gasteiger partial charge >= 0.3 is 0 Å². The Kier molecular flexibility index (Phi) is 9.66. The normalized spacial score (nSPS) is 13.4. The number of pyridine rings is 1. The highest BCUT2D eigenvalue weighted by Crippen LogP contribution is 2.47. The Hall–Kier alpha value is -6.33. The van der Waals surface area contributed by atoms with Gasteiger partial charge < -0.3 is 14.5 Å². The second kappa shape index (κ2) is 14.7. The van der Waals surface area contributed by atoms with Crippen LogP contribution in [0.25, 0.3) is 38.8 Å². The van der Waals surface area contributed by atoms with E-state index in [2.05, 4.69) is 224 Å². The monoisotopic (exact) mass is 802 g/mol. The first kappa shape index (κ1) is 40.1. The van der Waals surface area contributed by atoms with Gasteiger partial charge in [0.2, 0.25) is 0 Å². The summed E-state index contributed by atoms with van der Waals surface area (Å²) in [5.41, 5.74) is 15.9. The molecule has 0 saturated carbocycles. The fourth-order valence-corrected chi connectivity index (χ4v) is 8.97. The van der Waals surface area contributed by atoms with Crippen molar-refractivity contribution >= 4 is 44.6 Å². The fraction of sp³-hybridized carbons (Fsp3) is 0.268. The SMILES string of the molecule is Cc1cc(C(C)(C)C)cc(C)c1-c1ccnc(-n2c3ccccc3c3ccc(Oc4cccc(N5CN(c6cccc(C(C)(C)C)c6)c6ccc(C(C)(C)C)cc65)c4)cc32)c1. The Morgan fingerprint density at radius 1 is 0.492 bits per heavy atom. The number of aromatic nitrogens is 2. The summed E-state index contributed by atoms with van der Waals surface area (Å²) in [6.07, 6.45) is 1.94. The van der Waals surface area contributed by atoms with Crippen LogP contribution in [0, 0.1) is 13.8 Å². The van der Waals surface area contributed by atoms with Crippen molar-refractivity contribution in [3.05, 3.63) is 167 Å². The second-order valence-corrected chi connectivity index (χ2v) is 20.0. The van der Waals surface area contributed by atoms with Crippen LogP contribution in [-0.4, -0.2) is 16.2 Å². The van der Waals surface area contributed by atoms with Crippen molar-refractivity contribution < 1.29 is 4.74 Å². The van der Waals surface area contributed by atoms with E-state index in [0.717, 1.165) is 45.0 Å². The summed E-state index contributed by atoms with van der Waals surface area (Å²) in [5, 5.41) is 2.34. The van der Waals surface area contributed by atoms with Gasteiger partial charge in [-0.05, 0) is 136 Å². The molecule has 0 atom stereocenters. The minimum Gasteiger partial charge on any atom is -0.457 e. The van der Waals surface area contributed by atoms with Crippen molar-refractivity contribution in [2.75, 3.05) is 16.5 Å². The van der Waals surface area contributed by atoms with Crippen LogP contribution in [0.4, 0.5) is 22.7 Å². The molecule has 0 aliphatic carbocycles. The average molecular weight is 803 g/mol. The van der Waals surface area contributed by atoms with Gasteiger partial charge in [-0.1, -0.05) is 117 Å². The number of anilines is 4. The Morgan fingerprint density at radius 2 is 1.11 bits per heavy atom. The van der Waals surface area contributed by atoms with Crippen LogP contribution in [0.2, 0.25) is 0 Å². The van der Waals surface area contributed by atoms with Gasteiger partial charge in [-0.15, -0.1) is 0 Å². The zero-order valence-electron chi connectivity index (χ0n) is 37.7. The molecule has 0 radical (unpaired) electrons. The van der Waals surface area contributed by atoms with Crippen LogP contribution in [0.1, 0.15) is 90.1 Å². The lowest BCUT2D eigenvalue weighted by atomic mass is 9.83. The van der Waals surface area contributed by atoms with Gasteiger partial charge in [0.15, 0.2) is 0 Å². The summed E-state index contributed by atoms with van der Waals surface area (Å²) >= 11 is 0. The highest BCUT2D eigenvalue weighted by Gasteiger charge is 2.31. The first-order chi connectivity index (χ1) is 28.9. The second-order valence-electron chi connectivity index (χ2n) is 20.0. The van der Waals surface area contributed by atoms with Crippen molar-refractivity contribution in [2.45, 2.75) is 92.4 Å². The first-order valence-electron chi connectivity index (χ1n) is 21.6. The van der Waals surface area contributed by atoms with Crippen molar-refractivity contribution in [2.24, 2.45) is 0 Å². The van der Waals surface area contributed by atoms with Crippen molar-refractivity contribution in [3.63, 3.8) is 0 Å². The molecule has 5 nitrogen and oxygen atoms in total. The van der Waals surface area contributed by atoms with E-state index < -0.39 is 0 Å². The molecule has 61 heavy (non-hydrogen) atoms. The molecular weight excluding hydrogens is 745 g/mol. The Balaban J connectivity index is 1.09. The number of hydrogen-bond donors (Lipinski definition) is 0. The van der Waals surface area contributed by atoms with Crippen LogP contribution in [0.3, 0.4) is 0 Å². The average Bonchev–Trinajstić information content (AvgIpc) is 3.76. The van der Waals surface area contributed by atoms with Crippen LogP contribution < -0.4 is 14.5 Å². The summed E-state index contributed by atoms with van der Waals surface area (Å²) in [6, 6.07) is 48.5. The summed E-state index contributed by atoms with van der Waals surface area (Å²) in [4.78, 5) is 9.84. The molecule has 5 heteroatoms. The third kappa shape index (κ3) is 7.45. The van der Waals surface area contributed by atoms with E-state index in [1.165, 1.54) is 55.8 Å². The lowest BCUT2D eigenvalue weighted by Gasteiger charge is -2.25. The number of ether oxygens (including phenoxy) is 1. The molecule has 6 aromatic carbocycles. The molecule has 0 unspecified atom stereocenters. The van der Waals surface area contributed by atoms with Gasteiger partial charge in [0.25, 0.3) is 0 Å². The van der Waals surface area contributed by atoms with Crippen LogP contribution >= 0.6 is 0 Å². The predicted octanol–water partition coefficient (Wildman–Crippen LogP) is 15.4. The van der Waals surface area contributed by atoms with Crippen LogP contribution in [-0.2, 0) is 16.2 Å². The van der Waals surface area contributed by atoms with Gasteiger partial charge in [0, 0.05) is 40.5 Å². The van der Waals surface area contributed by atoms with Gasteiger partial charge in [0.1, 0.15) is 24.0 Å². The molecule has 9 rings (SSSR count). The number of fused-ring (bicyclic) bond motifs is 4. The van der Waals surface area contributed by atoms with E-state index in [9.17, 15) is 0 Å². The Bertz CT molecular complexity index is 2950. The van der Waals surface area contributed by atoms with Crippen LogP contribution in [0.5, 0.6) is 11.5 Å². The quantitative estimate of drug-likeness (QED) is 0.168. The fourth-order valence-electron chi connectivity index (χ4n) is 8.97. The summed E-state index contributed by atoms with van der Waals surface area (Å²) in [7, 11) is 0. The van der Waals surface area contributed by atoms with Gasteiger partial charge in [0.05, 0.1) is 22.4 Å². The molecule has 0 fully saturated rings. The minimum absolute atomic E-state index is 0.0127. The molecular formula is C56H58N4O. The molecule has 0 bridgehead atoms. The van der Waals surface area contributed by atoms with E-state index in [-0.39, 0.29) is 16.2 Å². The number of aryl methyl sites for hydroxylation is 2. The molecule has 0 amide bonds. The summed E-state index contributed by atoms with van der Waals surface area (Å²) < 4.78 is 9.07. The number of nitrogens with zero attached hydrogens (tertiary/aromatic N) is 4. The van der Waals surface area contributed by atoms with E-state index in [1.807, 2.05) is 6.20 Å². The lowest BCUT2D eigenvalue weighted by Crippen LogP contribution is -2.24. The Labute approximate surface area is 362 Å². The molecule has 0 N–H and O–H groups in total. The molecule has 8 aromatic rings. The first-order valence-corrected chi connectivity index (χ1v) is 21.6. The predicted molar refractivity (Wildman–Crippen MR) is 258 cm³/mol. The molecule has 308 valence electrons. The maximum absolute atomic E-state index is 6.79. The third-order valence-corrected chi connectivity index (χ3v) is 12.4. The van der Waals surface area contributed by atoms with Crippen molar-refractivity contribution in [1.29, 1.82) is 0 Å². The van der Waals surface area contributed by atoms with Crippen molar-refractivity contribution in [1.82, 2.24) is 9.55 Å². The molecule has 0 spiro atoms. The highest BCUT2D eigenvalue weighted by molar-refractivity contribution is 6.09. The van der Waals surface area contributed by atoms with E-state index in [0.29, 0.717) is 6.67 Å². The summed E-state index contributed by atoms with van der Waals surface area (Å²) in [6.45, 7) is 25.6. The zero-order valence-corrected chi connectivity index (χ0v) is 37.7.